The van der Waals surface area contributed by atoms with E-state index in [0.717, 1.165) is 64.2 Å². The Hall–Kier alpha value is -1.66. The van der Waals surface area contributed by atoms with Crippen LogP contribution in [0.15, 0.2) is 24.3 Å². The molecule has 360 valence electrons. The van der Waals surface area contributed by atoms with Crippen molar-refractivity contribution in [1.29, 1.82) is 0 Å². The number of esters is 1. The lowest BCUT2D eigenvalue weighted by Crippen LogP contribution is -2.46. The number of hydrogen-bond acceptors (Lipinski definition) is 5. The van der Waals surface area contributed by atoms with Crippen LogP contribution in [0.5, 0.6) is 0 Å². The minimum Gasteiger partial charge on any atom is -0.462 e. The SMILES string of the molecule is CCCCC/C=C\C/C=C\CCCCCCCC(CC(=O)NC(CO)C(O)CCCCCCCCCCCCCCC)OC(=O)CCCCCCCCCCCCCCCC. The Balaban J connectivity index is 4.57. The molecule has 6 nitrogen and oxygen atoms in total. The Morgan fingerprint density at radius 1 is 0.475 bits per heavy atom. The van der Waals surface area contributed by atoms with Crippen molar-refractivity contribution in [3.05, 3.63) is 24.3 Å². The van der Waals surface area contributed by atoms with Crippen molar-refractivity contribution in [3.8, 4) is 0 Å². The first-order chi connectivity index (χ1) is 30.0. The van der Waals surface area contributed by atoms with Gasteiger partial charge in [0.15, 0.2) is 0 Å². The average molecular weight is 860 g/mol. The summed E-state index contributed by atoms with van der Waals surface area (Å²) < 4.78 is 5.94. The second-order valence-corrected chi connectivity index (χ2v) is 18.6. The molecule has 0 bridgehead atoms. The fraction of sp³-hybridized carbons (Fsp3) is 0.891. The summed E-state index contributed by atoms with van der Waals surface area (Å²) in [6, 6.07) is -0.701. The molecule has 0 rings (SSSR count). The number of hydrogen-bond donors (Lipinski definition) is 3. The number of aliphatic hydroxyl groups excluding tert-OH is 2. The highest BCUT2D eigenvalue weighted by Gasteiger charge is 2.24. The Kier molecular flexibility index (Phi) is 48.0. The zero-order valence-electron chi connectivity index (χ0n) is 41.1. The van der Waals surface area contributed by atoms with Gasteiger partial charge >= 0.3 is 5.97 Å². The van der Waals surface area contributed by atoms with Gasteiger partial charge in [-0.05, 0) is 57.8 Å². The molecule has 0 aliphatic rings. The minimum absolute atomic E-state index is 0.0737. The van der Waals surface area contributed by atoms with Crippen LogP contribution in [0.1, 0.15) is 290 Å². The van der Waals surface area contributed by atoms with Crippen LogP contribution in [0.3, 0.4) is 0 Å². The first-order valence-electron chi connectivity index (χ1n) is 27.1. The second-order valence-electron chi connectivity index (χ2n) is 18.6. The van der Waals surface area contributed by atoms with Crippen molar-refractivity contribution >= 4 is 11.9 Å². The third-order valence-corrected chi connectivity index (χ3v) is 12.5. The van der Waals surface area contributed by atoms with Gasteiger partial charge in [-0.3, -0.25) is 9.59 Å². The lowest BCUT2D eigenvalue weighted by molar-refractivity contribution is -0.151. The molecule has 0 aromatic rings. The van der Waals surface area contributed by atoms with E-state index >= 15 is 0 Å². The maximum Gasteiger partial charge on any atom is 0.306 e. The van der Waals surface area contributed by atoms with Crippen LogP contribution in [-0.2, 0) is 14.3 Å². The van der Waals surface area contributed by atoms with Crippen LogP contribution in [0.25, 0.3) is 0 Å². The van der Waals surface area contributed by atoms with Crippen molar-refractivity contribution in [2.75, 3.05) is 6.61 Å². The number of amides is 1. The van der Waals surface area contributed by atoms with Gasteiger partial charge in [0, 0.05) is 6.42 Å². The molecule has 0 heterocycles. The van der Waals surface area contributed by atoms with Crippen LogP contribution in [0.4, 0.5) is 0 Å². The standard InChI is InChI=1S/C55H105NO5/c1-4-7-10-13-16-19-22-25-27-29-31-34-37-40-43-46-51(61-55(60)48-45-42-39-36-33-30-26-23-20-17-14-11-8-5-2)49-54(59)56-52(50-57)53(58)47-44-41-38-35-32-28-24-21-18-15-12-9-6-3/h16,19,25,27,51-53,57-58H,4-15,17-18,20-24,26,28-50H2,1-3H3,(H,56,59)/b19-16-,27-25-. The van der Waals surface area contributed by atoms with Gasteiger partial charge in [-0.1, -0.05) is 244 Å². The Morgan fingerprint density at radius 3 is 1.28 bits per heavy atom. The molecule has 3 N–H and O–H groups in total. The smallest absolute Gasteiger partial charge is 0.306 e. The van der Waals surface area contributed by atoms with Crippen LogP contribution < -0.4 is 5.32 Å². The molecule has 61 heavy (non-hydrogen) atoms. The maximum absolute atomic E-state index is 13.2. The minimum atomic E-state index is -0.787. The maximum atomic E-state index is 13.2. The van der Waals surface area contributed by atoms with Crippen LogP contribution in [0, 0.1) is 0 Å². The van der Waals surface area contributed by atoms with Crippen LogP contribution >= 0.6 is 0 Å². The predicted octanol–water partition coefficient (Wildman–Crippen LogP) is 16.3. The second kappa shape index (κ2) is 49.4. The normalized spacial score (nSPS) is 13.3. The molecule has 0 saturated heterocycles. The first kappa shape index (κ1) is 59.3. The van der Waals surface area contributed by atoms with Gasteiger partial charge in [-0.15, -0.1) is 0 Å². The van der Waals surface area contributed by atoms with Gasteiger partial charge in [-0.25, -0.2) is 0 Å². The number of allylic oxidation sites excluding steroid dienone is 4. The number of nitrogens with one attached hydrogen (secondary N) is 1. The van der Waals surface area contributed by atoms with Crippen LogP contribution in [0.2, 0.25) is 0 Å². The van der Waals surface area contributed by atoms with Crippen molar-refractivity contribution < 1.29 is 24.5 Å². The fourth-order valence-electron chi connectivity index (χ4n) is 8.40. The topological polar surface area (TPSA) is 95.9 Å². The van der Waals surface area contributed by atoms with Gasteiger partial charge in [-0.2, -0.15) is 0 Å². The van der Waals surface area contributed by atoms with E-state index in [-0.39, 0.29) is 24.9 Å². The third-order valence-electron chi connectivity index (χ3n) is 12.5. The van der Waals surface area contributed by atoms with Gasteiger partial charge in [0.2, 0.25) is 5.91 Å². The van der Waals surface area contributed by atoms with Gasteiger partial charge < -0.3 is 20.3 Å². The number of rotatable bonds is 49. The van der Waals surface area contributed by atoms with E-state index in [4.69, 9.17) is 4.74 Å². The number of carbonyl (C=O) groups excluding carboxylic acids is 2. The molecule has 0 fully saturated rings. The molecular weight excluding hydrogens is 755 g/mol. The molecule has 3 atom stereocenters. The van der Waals surface area contributed by atoms with E-state index in [0.29, 0.717) is 19.3 Å². The Bertz CT molecular complexity index is 966. The number of unbranched alkanes of at least 4 members (excludes halogenated alkanes) is 33. The van der Waals surface area contributed by atoms with Gasteiger partial charge in [0.05, 0.1) is 25.2 Å². The summed E-state index contributed by atoms with van der Waals surface area (Å²) in [6.45, 7) is 6.48. The van der Waals surface area contributed by atoms with E-state index in [1.807, 2.05) is 0 Å². The van der Waals surface area contributed by atoms with Gasteiger partial charge in [0.1, 0.15) is 6.10 Å². The first-order valence-corrected chi connectivity index (χ1v) is 27.1. The Labute approximate surface area is 380 Å². The molecule has 0 saturated carbocycles. The molecule has 0 aliphatic carbocycles. The zero-order valence-corrected chi connectivity index (χ0v) is 41.1. The molecule has 1 amide bonds. The van der Waals surface area contributed by atoms with E-state index in [1.54, 1.807) is 0 Å². The molecule has 0 spiro atoms. The summed E-state index contributed by atoms with van der Waals surface area (Å²) in [6.07, 6.45) is 56.6. The summed E-state index contributed by atoms with van der Waals surface area (Å²) in [5, 5.41) is 23.8. The van der Waals surface area contributed by atoms with E-state index in [9.17, 15) is 19.8 Å². The molecular formula is C55H105NO5. The van der Waals surface area contributed by atoms with Crippen molar-refractivity contribution in [2.24, 2.45) is 0 Å². The van der Waals surface area contributed by atoms with Crippen LogP contribution in [-0.4, -0.2) is 46.9 Å². The lowest BCUT2D eigenvalue weighted by atomic mass is 10.0. The van der Waals surface area contributed by atoms with Gasteiger partial charge in [0.25, 0.3) is 0 Å². The van der Waals surface area contributed by atoms with Crippen molar-refractivity contribution in [1.82, 2.24) is 5.32 Å². The zero-order chi connectivity index (χ0) is 44.5. The molecule has 0 aliphatic heterocycles. The molecule has 0 radical (unpaired) electrons. The van der Waals surface area contributed by atoms with E-state index in [1.165, 1.54) is 180 Å². The van der Waals surface area contributed by atoms with Crippen molar-refractivity contribution in [3.63, 3.8) is 0 Å². The summed E-state index contributed by atoms with van der Waals surface area (Å²) in [5.74, 6) is -0.471. The number of ether oxygens (including phenoxy) is 1. The highest BCUT2D eigenvalue weighted by molar-refractivity contribution is 5.77. The summed E-state index contributed by atoms with van der Waals surface area (Å²) >= 11 is 0. The summed E-state index contributed by atoms with van der Waals surface area (Å²) in [4.78, 5) is 26.2. The third kappa shape index (κ3) is 44.7. The Morgan fingerprint density at radius 2 is 0.836 bits per heavy atom. The summed E-state index contributed by atoms with van der Waals surface area (Å²) in [7, 11) is 0. The fourth-order valence-corrected chi connectivity index (χ4v) is 8.40. The number of carbonyl (C=O) groups is 2. The summed E-state index contributed by atoms with van der Waals surface area (Å²) in [5.41, 5.74) is 0. The highest BCUT2D eigenvalue weighted by Crippen LogP contribution is 2.18. The predicted molar refractivity (Wildman–Crippen MR) is 264 cm³/mol. The molecule has 6 heteroatoms. The highest BCUT2D eigenvalue weighted by atomic mass is 16.5. The molecule has 0 aromatic carbocycles. The lowest BCUT2D eigenvalue weighted by Gasteiger charge is -2.24. The average Bonchev–Trinajstić information content (AvgIpc) is 3.25. The van der Waals surface area contributed by atoms with E-state index in [2.05, 4.69) is 50.4 Å². The monoisotopic (exact) mass is 860 g/mol. The quantitative estimate of drug-likeness (QED) is 0.0322. The molecule has 0 aromatic heterocycles. The van der Waals surface area contributed by atoms with Crippen molar-refractivity contribution in [2.45, 2.75) is 309 Å². The number of aliphatic hydroxyl groups is 2. The molecule has 3 unspecified atom stereocenters. The largest absolute Gasteiger partial charge is 0.462 e. The van der Waals surface area contributed by atoms with E-state index < -0.39 is 18.2 Å².